The number of rotatable bonds is 53. The van der Waals surface area contributed by atoms with Gasteiger partial charge in [-0.15, -0.1) is 0 Å². The van der Waals surface area contributed by atoms with E-state index < -0.39 is 20.0 Å². The molecule has 1 amide bonds. The maximum atomic E-state index is 13.0. The Balaban J connectivity index is 4.28. The number of amides is 1. The lowest BCUT2D eigenvalue weighted by atomic mass is 10.1. The summed E-state index contributed by atoms with van der Waals surface area (Å²) in [6.45, 7) is 4.63. The quantitative estimate of drug-likeness (QED) is 0.0243. The molecule has 3 unspecified atom stereocenters. The minimum atomic E-state index is -4.38. The second-order valence-electron chi connectivity index (χ2n) is 21.0. The molecule has 0 rings (SSSR count). The first kappa shape index (κ1) is 73.1. The van der Waals surface area contributed by atoms with Crippen molar-refractivity contribution < 1.29 is 32.9 Å². The predicted octanol–water partition coefficient (Wildman–Crippen LogP) is 19.0. The zero-order valence-corrected chi connectivity index (χ0v) is 50.5. The number of allylic oxidation sites excluding steroid dienone is 25. The molecule has 0 aromatic rings. The molecule has 0 saturated carbocycles. The van der Waals surface area contributed by atoms with Crippen LogP contribution in [0.15, 0.2) is 158 Å². The summed E-state index contributed by atoms with van der Waals surface area (Å²) in [6, 6.07) is -0.890. The van der Waals surface area contributed by atoms with Crippen LogP contribution in [0.1, 0.15) is 213 Å². The lowest BCUT2D eigenvalue weighted by Crippen LogP contribution is -2.45. The summed E-state index contributed by atoms with van der Waals surface area (Å²) >= 11 is 0. The average Bonchev–Trinajstić information content (AvgIpc) is 3.39. The van der Waals surface area contributed by atoms with E-state index in [-0.39, 0.29) is 19.1 Å². The molecule has 77 heavy (non-hydrogen) atoms. The van der Waals surface area contributed by atoms with Gasteiger partial charge in [0, 0.05) is 6.42 Å². The van der Waals surface area contributed by atoms with Crippen molar-refractivity contribution in [2.24, 2.45) is 0 Å². The van der Waals surface area contributed by atoms with E-state index in [0.717, 1.165) is 135 Å². The summed E-state index contributed by atoms with van der Waals surface area (Å²) < 4.78 is 23.7. The molecule has 436 valence electrons. The third-order valence-corrected chi connectivity index (χ3v) is 13.4. The maximum Gasteiger partial charge on any atom is 0.472 e. The van der Waals surface area contributed by atoms with E-state index in [2.05, 4.69) is 165 Å². The highest BCUT2D eigenvalue weighted by Crippen LogP contribution is 2.43. The number of aliphatic hydroxyl groups excluding tert-OH is 1. The Morgan fingerprint density at radius 3 is 1.19 bits per heavy atom. The van der Waals surface area contributed by atoms with Gasteiger partial charge in [-0.05, 0) is 122 Å². The van der Waals surface area contributed by atoms with Crippen molar-refractivity contribution in [2.75, 3.05) is 40.9 Å². The van der Waals surface area contributed by atoms with Crippen molar-refractivity contribution in [3.8, 4) is 0 Å². The molecular formula is C68H114N2O6P+. The van der Waals surface area contributed by atoms with Crippen molar-refractivity contribution in [1.29, 1.82) is 0 Å². The second kappa shape index (κ2) is 56.8. The number of carbonyl (C=O) groups is 1. The number of phosphoric ester groups is 1. The summed E-state index contributed by atoms with van der Waals surface area (Å²) in [4.78, 5) is 23.3. The third kappa shape index (κ3) is 59.6. The van der Waals surface area contributed by atoms with E-state index in [1.807, 2.05) is 27.2 Å². The molecule has 0 heterocycles. The molecule has 0 aromatic carbocycles. The normalized spacial score (nSPS) is 14.9. The van der Waals surface area contributed by atoms with E-state index in [1.54, 1.807) is 6.08 Å². The van der Waals surface area contributed by atoms with Gasteiger partial charge >= 0.3 is 7.82 Å². The fraction of sp³-hybridized carbons (Fsp3) is 0.603. The molecule has 0 aliphatic rings. The lowest BCUT2D eigenvalue weighted by Gasteiger charge is -2.25. The smallest absolute Gasteiger partial charge is 0.387 e. The minimum Gasteiger partial charge on any atom is -0.387 e. The van der Waals surface area contributed by atoms with Crippen LogP contribution >= 0.6 is 7.82 Å². The number of phosphoric acid groups is 1. The fourth-order valence-corrected chi connectivity index (χ4v) is 8.48. The summed E-state index contributed by atoms with van der Waals surface area (Å²) in [5.74, 6) is -0.213. The summed E-state index contributed by atoms with van der Waals surface area (Å²) in [5.41, 5.74) is 0. The summed E-state index contributed by atoms with van der Waals surface area (Å²) in [7, 11) is 1.51. The number of nitrogens with zero attached hydrogens (tertiary/aromatic N) is 1. The summed E-state index contributed by atoms with van der Waals surface area (Å²) in [6.07, 6.45) is 89.2. The topological polar surface area (TPSA) is 105 Å². The van der Waals surface area contributed by atoms with Gasteiger partial charge < -0.3 is 19.8 Å². The highest BCUT2D eigenvalue weighted by molar-refractivity contribution is 7.47. The van der Waals surface area contributed by atoms with Crippen LogP contribution in [-0.4, -0.2) is 73.4 Å². The number of likely N-dealkylation sites (N-methyl/N-ethyl adjacent to an activating group) is 1. The molecule has 0 aromatic heterocycles. The van der Waals surface area contributed by atoms with Gasteiger partial charge in [-0.25, -0.2) is 4.57 Å². The second-order valence-corrected chi connectivity index (χ2v) is 22.4. The van der Waals surface area contributed by atoms with Gasteiger partial charge in [0.25, 0.3) is 0 Å². The van der Waals surface area contributed by atoms with Crippen LogP contribution in [0, 0.1) is 0 Å². The number of carbonyl (C=O) groups excluding carboxylic acids is 1. The van der Waals surface area contributed by atoms with E-state index in [9.17, 15) is 19.4 Å². The van der Waals surface area contributed by atoms with Crippen LogP contribution < -0.4 is 5.32 Å². The standard InChI is InChI=1S/C68H113N2O6P/c1-6-8-10-12-14-16-18-20-22-24-26-27-28-29-30-31-32-33-34-35-36-37-38-39-40-41-42-43-44-46-48-50-52-54-56-58-60-62-68(72)69-66(65-76-77(73,74)75-64-63-70(3,4)5)67(71)61-59-57-55-53-51-49-47-45-25-23-21-19-17-15-13-11-9-7-2/h8,10,14,16,20,22,25-27,29-30,32-33,35-36,38-39,41-42,44-46,51,53,59,61,66-67,71H,6-7,9,11-13,15,17-19,21,23-24,28,31,34,37,40,43,47-50,52,54-58,60,62-65H2,1-5H3,(H-,69,72,73,74)/p+1/b10-8-,16-14-,22-20-,27-26-,30-29-,33-32-,36-35-,39-38-,42-41-,45-25+,46-44-,53-51+,61-59+. The van der Waals surface area contributed by atoms with Crippen molar-refractivity contribution in [3.05, 3.63) is 158 Å². The van der Waals surface area contributed by atoms with Gasteiger partial charge in [0.2, 0.25) is 5.91 Å². The first-order valence-corrected chi connectivity index (χ1v) is 31.9. The SMILES string of the molecule is CC/C=C\C/C=C\C/C=C\C/C=C\C/C=C\C/C=C\C/C=C\C/C=C\C/C=C\C/C=C\CCCCCCCCC(=O)NC(COP(=O)(O)OCC[N+](C)(C)C)C(O)/C=C/CC/C=C/CC/C=C/CCCCCCCCCC. The minimum absolute atomic E-state index is 0.0417. The largest absolute Gasteiger partial charge is 0.472 e. The number of unbranched alkanes of at least 4 members (excludes halogenated alkanes) is 16. The monoisotopic (exact) mass is 1090 g/mol. The number of aliphatic hydroxyl groups is 1. The Morgan fingerprint density at radius 1 is 0.455 bits per heavy atom. The molecule has 0 radical (unpaired) electrons. The van der Waals surface area contributed by atoms with Crippen molar-refractivity contribution in [2.45, 2.75) is 225 Å². The Kier molecular flexibility index (Phi) is 54.0. The zero-order valence-electron chi connectivity index (χ0n) is 49.6. The Labute approximate surface area is 473 Å². The van der Waals surface area contributed by atoms with Crippen LogP contribution in [0.25, 0.3) is 0 Å². The van der Waals surface area contributed by atoms with Crippen LogP contribution in [0.3, 0.4) is 0 Å². The molecule has 0 bridgehead atoms. The van der Waals surface area contributed by atoms with Crippen LogP contribution in [0.5, 0.6) is 0 Å². The van der Waals surface area contributed by atoms with Gasteiger partial charge in [0.1, 0.15) is 13.2 Å². The molecule has 0 aliphatic carbocycles. The number of hydrogen-bond donors (Lipinski definition) is 3. The molecule has 0 fully saturated rings. The first-order chi connectivity index (χ1) is 37.5. The van der Waals surface area contributed by atoms with Gasteiger partial charge in [-0.2, -0.15) is 0 Å². The van der Waals surface area contributed by atoms with Crippen LogP contribution in [0.2, 0.25) is 0 Å². The molecule has 3 atom stereocenters. The number of quaternary nitrogens is 1. The Hall–Kier alpha value is -3.88. The fourth-order valence-electron chi connectivity index (χ4n) is 7.75. The van der Waals surface area contributed by atoms with Crippen molar-refractivity contribution in [1.82, 2.24) is 5.32 Å². The molecular weight excluding hydrogens is 972 g/mol. The lowest BCUT2D eigenvalue weighted by molar-refractivity contribution is -0.870. The Bertz CT molecular complexity index is 1810. The van der Waals surface area contributed by atoms with Gasteiger partial charge in [-0.1, -0.05) is 242 Å². The highest BCUT2D eigenvalue weighted by Gasteiger charge is 2.27. The van der Waals surface area contributed by atoms with E-state index in [0.29, 0.717) is 17.4 Å². The van der Waals surface area contributed by atoms with Crippen molar-refractivity contribution in [3.63, 3.8) is 0 Å². The third-order valence-electron chi connectivity index (χ3n) is 12.5. The number of nitrogens with one attached hydrogen (secondary N) is 1. The molecule has 9 heteroatoms. The van der Waals surface area contributed by atoms with Crippen LogP contribution in [0.4, 0.5) is 0 Å². The zero-order chi connectivity index (χ0) is 56.3. The van der Waals surface area contributed by atoms with Gasteiger partial charge in [0.05, 0.1) is 39.9 Å². The molecule has 3 N–H and O–H groups in total. The molecule has 0 aliphatic heterocycles. The molecule has 0 saturated heterocycles. The highest BCUT2D eigenvalue weighted by atomic mass is 31.2. The average molecular weight is 1090 g/mol. The molecule has 8 nitrogen and oxygen atoms in total. The Morgan fingerprint density at radius 2 is 0.792 bits per heavy atom. The first-order valence-electron chi connectivity index (χ1n) is 30.4. The van der Waals surface area contributed by atoms with Gasteiger partial charge in [-0.3, -0.25) is 13.8 Å². The van der Waals surface area contributed by atoms with E-state index in [1.165, 1.54) is 57.8 Å². The van der Waals surface area contributed by atoms with E-state index in [4.69, 9.17) is 9.05 Å². The van der Waals surface area contributed by atoms with Crippen molar-refractivity contribution >= 4 is 13.7 Å². The van der Waals surface area contributed by atoms with Gasteiger partial charge in [0.15, 0.2) is 0 Å². The number of hydrogen-bond acceptors (Lipinski definition) is 5. The van der Waals surface area contributed by atoms with Crippen LogP contribution in [-0.2, 0) is 18.4 Å². The van der Waals surface area contributed by atoms with E-state index >= 15 is 0 Å². The molecule has 0 spiro atoms. The predicted molar refractivity (Wildman–Crippen MR) is 336 cm³/mol. The maximum absolute atomic E-state index is 13.0. The summed E-state index contributed by atoms with van der Waals surface area (Å²) in [5, 5.41) is 13.9.